The first kappa shape index (κ1) is 22.1. The SMILES string of the molecule is Cn1c(CN2CCC[C@H]([C@@H](NC(=O)CC3CCCC3)c3ccccn3)C2)nc2ccccc21. The van der Waals surface area contributed by atoms with Crippen LogP contribution in [0.2, 0.25) is 0 Å². The second-order valence-corrected chi connectivity index (χ2v) is 9.87. The first-order chi connectivity index (χ1) is 16.2. The topological polar surface area (TPSA) is 63.0 Å². The van der Waals surface area contributed by atoms with Gasteiger partial charge in [-0.3, -0.25) is 14.7 Å². The number of carbonyl (C=O) groups is 1. The van der Waals surface area contributed by atoms with Gasteiger partial charge in [-0.05, 0) is 68.3 Å². The van der Waals surface area contributed by atoms with Crippen LogP contribution in [0.1, 0.15) is 62.5 Å². The van der Waals surface area contributed by atoms with E-state index in [1.54, 1.807) is 0 Å². The van der Waals surface area contributed by atoms with Gasteiger partial charge >= 0.3 is 0 Å². The number of amides is 1. The van der Waals surface area contributed by atoms with E-state index < -0.39 is 0 Å². The van der Waals surface area contributed by atoms with Crippen LogP contribution in [0.15, 0.2) is 48.7 Å². The van der Waals surface area contributed by atoms with E-state index in [0.717, 1.165) is 49.5 Å². The van der Waals surface area contributed by atoms with Crippen molar-refractivity contribution in [3.05, 3.63) is 60.2 Å². The number of hydrogen-bond donors (Lipinski definition) is 1. The van der Waals surface area contributed by atoms with Gasteiger partial charge in [0.15, 0.2) is 0 Å². The van der Waals surface area contributed by atoms with Crippen LogP contribution in [-0.4, -0.2) is 38.4 Å². The van der Waals surface area contributed by atoms with Gasteiger partial charge in [0.25, 0.3) is 0 Å². The van der Waals surface area contributed by atoms with Crippen LogP contribution in [0.25, 0.3) is 11.0 Å². The van der Waals surface area contributed by atoms with Crippen molar-refractivity contribution >= 4 is 16.9 Å². The maximum Gasteiger partial charge on any atom is 0.220 e. The molecule has 174 valence electrons. The van der Waals surface area contributed by atoms with Gasteiger partial charge in [-0.2, -0.15) is 0 Å². The molecule has 1 N–H and O–H groups in total. The minimum atomic E-state index is -0.0386. The number of rotatable bonds is 7. The summed E-state index contributed by atoms with van der Waals surface area (Å²) in [4.78, 5) is 25.0. The van der Waals surface area contributed by atoms with E-state index in [-0.39, 0.29) is 11.9 Å². The Morgan fingerprint density at radius 3 is 2.70 bits per heavy atom. The molecule has 1 saturated carbocycles. The summed E-state index contributed by atoms with van der Waals surface area (Å²) in [6, 6.07) is 14.3. The quantitative estimate of drug-likeness (QED) is 0.576. The average Bonchev–Trinajstić information content (AvgIpc) is 3.46. The fraction of sp³-hybridized carbons (Fsp3) is 0.519. The summed E-state index contributed by atoms with van der Waals surface area (Å²) in [6.45, 7) is 2.82. The van der Waals surface area contributed by atoms with Gasteiger partial charge in [-0.1, -0.05) is 31.0 Å². The number of hydrogen-bond acceptors (Lipinski definition) is 4. The van der Waals surface area contributed by atoms with Gasteiger partial charge in [0.05, 0.1) is 29.3 Å². The lowest BCUT2D eigenvalue weighted by molar-refractivity contribution is -0.123. The summed E-state index contributed by atoms with van der Waals surface area (Å²) >= 11 is 0. The number of nitrogens with one attached hydrogen (secondary N) is 1. The largest absolute Gasteiger partial charge is 0.347 e. The van der Waals surface area contributed by atoms with Crippen LogP contribution in [0, 0.1) is 11.8 Å². The molecule has 0 unspecified atom stereocenters. The van der Waals surface area contributed by atoms with Crippen molar-refractivity contribution in [2.24, 2.45) is 18.9 Å². The third kappa shape index (κ3) is 5.11. The molecule has 2 fully saturated rings. The summed E-state index contributed by atoms with van der Waals surface area (Å²) in [5, 5.41) is 3.40. The van der Waals surface area contributed by atoms with Crippen molar-refractivity contribution in [1.82, 2.24) is 24.8 Å². The molecule has 0 spiro atoms. The highest BCUT2D eigenvalue weighted by molar-refractivity contribution is 5.77. The third-order valence-electron chi connectivity index (χ3n) is 7.53. The van der Waals surface area contributed by atoms with Crippen molar-refractivity contribution in [1.29, 1.82) is 0 Å². The Morgan fingerprint density at radius 2 is 1.91 bits per heavy atom. The number of piperidine rings is 1. The molecule has 1 aliphatic heterocycles. The van der Waals surface area contributed by atoms with Crippen LogP contribution >= 0.6 is 0 Å². The molecular weight excluding hydrogens is 410 g/mol. The molecule has 1 aliphatic carbocycles. The molecular formula is C27H35N5O. The maximum atomic E-state index is 13.0. The zero-order valence-corrected chi connectivity index (χ0v) is 19.6. The van der Waals surface area contributed by atoms with Crippen LogP contribution in [-0.2, 0) is 18.4 Å². The summed E-state index contributed by atoms with van der Waals surface area (Å²) < 4.78 is 2.21. The van der Waals surface area contributed by atoms with Crippen molar-refractivity contribution in [3.8, 4) is 0 Å². The van der Waals surface area contributed by atoms with Gasteiger partial charge in [0, 0.05) is 26.2 Å². The van der Waals surface area contributed by atoms with Gasteiger partial charge in [0.1, 0.15) is 5.82 Å². The lowest BCUT2D eigenvalue weighted by Crippen LogP contribution is -2.43. The molecule has 1 aromatic carbocycles. The van der Waals surface area contributed by atoms with E-state index in [4.69, 9.17) is 4.98 Å². The molecule has 2 atom stereocenters. The summed E-state index contributed by atoms with van der Waals surface area (Å²) in [5.74, 6) is 2.17. The number of carbonyl (C=O) groups excluding carboxylic acids is 1. The second-order valence-electron chi connectivity index (χ2n) is 9.87. The zero-order valence-electron chi connectivity index (χ0n) is 19.6. The maximum absolute atomic E-state index is 13.0. The Morgan fingerprint density at radius 1 is 1.09 bits per heavy atom. The van der Waals surface area contributed by atoms with E-state index in [0.29, 0.717) is 18.3 Å². The molecule has 1 amide bonds. The van der Waals surface area contributed by atoms with E-state index in [1.165, 1.54) is 31.2 Å². The van der Waals surface area contributed by atoms with Gasteiger partial charge in [-0.25, -0.2) is 4.98 Å². The summed E-state index contributed by atoms with van der Waals surface area (Å²) in [5.41, 5.74) is 3.20. The minimum absolute atomic E-state index is 0.0386. The molecule has 1 saturated heterocycles. The fourth-order valence-corrected chi connectivity index (χ4v) is 5.75. The summed E-state index contributed by atoms with van der Waals surface area (Å²) in [6.07, 6.45) is 9.63. The highest BCUT2D eigenvalue weighted by atomic mass is 16.1. The minimum Gasteiger partial charge on any atom is -0.347 e. The Kier molecular flexibility index (Phi) is 6.72. The predicted octanol–water partition coefficient (Wildman–Crippen LogP) is 4.62. The average molecular weight is 446 g/mol. The molecule has 5 rings (SSSR count). The molecule has 2 aromatic heterocycles. The van der Waals surface area contributed by atoms with Crippen molar-refractivity contribution in [3.63, 3.8) is 0 Å². The van der Waals surface area contributed by atoms with Crippen LogP contribution in [0.5, 0.6) is 0 Å². The van der Waals surface area contributed by atoms with E-state index in [9.17, 15) is 4.79 Å². The van der Waals surface area contributed by atoms with Gasteiger partial charge in [-0.15, -0.1) is 0 Å². The van der Waals surface area contributed by atoms with E-state index >= 15 is 0 Å². The van der Waals surface area contributed by atoms with Crippen LogP contribution in [0.4, 0.5) is 0 Å². The number of aromatic nitrogens is 3. The van der Waals surface area contributed by atoms with Crippen molar-refractivity contribution in [2.75, 3.05) is 13.1 Å². The highest BCUT2D eigenvalue weighted by Crippen LogP contribution is 2.32. The number of imidazole rings is 1. The Hall–Kier alpha value is -2.73. The number of fused-ring (bicyclic) bond motifs is 1. The van der Waals surface area contributed by atoms with E-state index in [2.05, 4.69) is 51.1 Å². The number of pyridine rings is 1. The predicted molar refractivity (Wildman–Crippen MR) is 130 cm³/mol. The molecule has 3 heterocycles. The number of aryl methyl sites for hydroxylation is 1. The normalized spacial score (nSPS) is 20.8. The van der Waals surface area contributed by atoms with Crippen LogP contribution < -0.4 is 5.32 Å². The highest BCUT2D eigenvalue weighted by Gasteiger charge is 2.31. The lowest BCUT2D eigenvalue weighted by atomic mass is 9.88. The molecule has 3 aromatic rings. The first-order valence-corrected chi connectivity index (χ1v) is 12.5. The van der Waals surface area contributed by atoms with Crippen molar-refractivity contribution in [2.45, 2.75) is 57.5 Å². The van der Waals surface area contributed by atoms with Crippen LogP contribution in [0.3, 0.4) is 0 Å². The standard InChI is InChI=1S/C27H35N5O/c1-31-24-14-5-4-12-22(24)29-25(31)19-32-16-8-11-21(18-32)27(23-13-6-7-15-28-23)30-26(33)17-20-9-2-3-10-20/h4-7,12-15,20-21,27H,2-3,8-11,16-19H2,1H3,(H,30,33)/t21-,27+/m0/s1. The lowest BCUT2D eigenvalue weighted by Gasteiger charge is -2.37. The Labute approximate surface area is 196 Å². The number of benzene rings is 1. The van der Waals surface area contributed by atoms with Gasteiger partial charge < -0.3 is 9.88 Å². The Bertz CT molecular complexity index is 1070. The fourth-order valence-electron chi connectivity index (χ4n) is 5.75. The summed E-state index contributed by atoms with van der Waals surface area (Å²) in [7, 11) is 2.10. The molecule has 6 heteroatoms. The monoisotopic (exact) mass is 445 g/mol. The van der Waals surface area contributed by atoms with E-state index in [1.807, 2.05) is 24.4 Å². The molecule has 33 heavy (non-hydrogen) atoms. The zero-order chi connectivity index (χ0) is 22.6. The number of likely N-dealkylation sites (tertiary alicyclic amines) is 1. The number of para-hydroxylation sites is 2. The smallest absolute Gasteiger partial charge is 0.220 e. The second kappa shape index (κ2) is 10.0. The van der Waals surface area contributed by atoms with Gasteiger partial charge in [0.2, 0.25) is 5.91 Å². The molecule has 0 radical (unpaired) electrons. The van der Waals surface area contributed by atoms with Crippen molar-refractivity contribution < 1.29 is 4.79 Å². The molecule has 0 bridgehead atoms. The Balaban J connectivity index is 1.30. The molecule has 2 aliphatic rings. The first-order valence-electron chi connectivity index (χ1n) is 12.5. The number of nitrogens with zero attached hydrogens (tertiary/aromatic N) is 4. The molecule has 6 nitrogen and oxygen atoms in total. The third-order valence-corrected chi connectivity index (χ3v) is 7.53.